The van der Waals surface area contributed by atoms with E-state index in [1.165, 1.54) is 19.1 Å². The average molecular weight is 261 g/mol. The maximum absolute atomic E-state index is 13.9. The smallest absolute Gasteiger partial charge is 0.306 e. The lowest BCUT2D eigenvalue weighted by Gasteiger charge is -2.31. The zero-order valence-corrected chi connectivity index (χ0v) is 9.97. The van der Waals surface area contributed by atoms with E-state index >= 15 is 0 Å². The van der Waals surface area contributed by atoms with Crippen LogP contribution in [-0.2, 0) is 5.92 Å². The number of alkyl halides is 2. The number of halogens is 3. The van der Waals surface area contributed by atoms with Crippen molar-refractivity contribution >= 4 is 5.71 Å². The van der Waals surface area contributed by atoms with Crippen molar-refractivity contribution in [1.82, 2.24) is 0 Å². The van der Waals surface area contributed by atoms with Gasteiger partial charge in [-0.1, -0.05) is 12.1 Å². The van der Waals surface area contributed by atoms with Crippen LogP contribution >= 0.6 is 0 Å². The first-order chi connectivity index (χ1) is 8.15. The third-order valence-corrected chi connectivity index (χ3v) is 2.73. The van der Waals surface area contributed by atoms with Gasteiger partial charge >= 0.3 is 5.92 Å². The fourth-order valence-corrected chi connectivity index (χ4v) is 1.45. The number of benzene rings is 1. The van der Waals surface area contributed by atoms with Gasteiger partial charge in [0.15, 0.2) is 5.60 Å². The number of aliphatic hydroxyl groups excluding tert-OH is 1. The summed E-state index contributed by atoms with van der Waals surface area (Å²) in [5.74, 6) is -5.22. The summed E-state index contributed by atoms with van der Waals surface area (Å²) in [5.41, 5.74) is -4.28. The Morgan fingerprint density at radius 2 is 1.94 bits per heavy atom. The highest BCUT2D eigenvalue weighted by molar-refractivity contribution is 5.96. The van der Waals surface area contributed by atoms with Crippen LogP contribution < -0.4 is 0 Å². The number of nitrogens with one attached hydrogen (secondary N) is 1. The van der Waals surface area contributed by atoms with E-state index in [-0.39, 0.29) is 11.3 Å². The van der Waals surface area contributed by atoms with Crippen LogP contribution in [0.3, 0.4) is 0 Å². The van der Waals surface area contributed by atoms with Crippen LogP contribution in [-0.4, -0.2) is 28.1 Å². The number of hydrogen-bond acceptors (Lipinski definition) is 3. The highest BCUT2D eigenvalue weighted by Crippen LogP contribution is 2.40. The second-order valence-electron chi connectivity index (χ2n) is 4.30. The van der Waals surface area contributed by atoms with Gasteiger partial charge in [-0.05, 0) is 19.9 Å². The standard InChI is InChI=1S/C12H14F3NO2/c1-7(16)8-4-3-5-9(10(8)13)12(14,15)11(2,18)6-17/h3-5,16-18H,6H2,1-2H3/t11-/m1/s1. The van der Waals surface area contributed by atoms with Gasteiger partial charge in [0.1, 0.15) is 5.82 Å². The second-order valence-corrected chi connectivity index (χ2v) is 4.30. The maximum Gasteiger partial charge on any atom is 0.306 e. The first-order valence-corrected chi connectivity index (χ1v) is 5.20. The predicted octanol–water partition coefficient (Wildman–Crippen LogP) is 2.05. The Balaban J connectivity index is 3.43. The summed E-state index contributed by atoms with van der Waals surface area (Å²) in [7, 11) is 0. The van der Waals surface area contributed by atoms with E-state index in [0.717, 1.165) is 13.0 Å². The molecule has 0 fully saturated rings. The number of rotatable bonds is 4. The molecule has 1 aromatic rings. The van der Waals surface area contributed by atoms with Crippen LogP contribution in [0.1, 0.15) is 25.0 Å². The van der Waals surface area contributed by atoms with Gasteiger partial charge in [0.05, 0.1) is 12.2 Å². The molecule has 1 rings (SSSR count). The Morgan fingerprint density at radius 1 is 1.39 bits per heavy atom. The molecule has 100 valence electrons. The van der Waals surface area contributed by atoms with Crippen molar-refractivity contribution in [3.05, 3.63) is 35.1 Å². The fourth-order valence-electron chi connectivity index (χ4n) is 1.45. The van der Waals surface area contributed by atoms with Crippen LogP contribution in [0.15, 0.2) is 18.2 Å². The van der Waals surface area contributed by atoms with Crippen molar-refractivity contribution in [3.63, 3.8) is 0 Å². The average Bonchev–Trinajstić information content (AvgIpc) is 2.28. The van der Waals surface area contributed by atoms with Gasteiger partial charge in [-0.25, -0.2) is 4.39 Å². The normalized spacial score (nSPS) is 15.3. The molecule has 0 saturated carbocycles. The first kappa shape index (κ1) is 14.7. The monoisotopic (exact) mass is 261 g/mol. The largest absolute Gasteiger partial charge is 0.393 e. The van der Waals surface area contributed by atoms with Crippen LogP contribution in [0.2, 0.25) is 0 Å². The summed E-state index contributed by atoms with van der Waals surface area (Å²) < 4.78 is 41.7. The summed E-state index contributed by atoms with van der Waals surface area (Å²) in [6.07, 6.45) is 0. The lowest BCUT2D eigenvalue weighted by molar-refractivity contribution is -0.196. The van der Waals surface area contributed by atoms with E-state index in [0.29, 0.717) is 0 Å². The zero-order valence-electron chi connectivity index (χ0n) is 9.97. The predicted molar refractivity (Wildman–Crippen MR) is 60.5 cm³/mol. The van der Waals surface area contributed by atoms with Crippen molar-refractivity contribution in [2.24, 2.45) is 0 Å². The molecular weight excluding hydrogens is 247 g/mol. The summed E-state index contributed by atoms with van der Waals surface area (Å²) in [6.45, 7) is 0.772. The van der Waals surface area contributed by atoms with Gasteiger partial charge in [0.2, 0.25) is 0 Å². The SMILES string of the molecule is CC(=N)c1cccc(C(F)(F)[C@](C)(O)CO)c1F. The Bertz CT molecular complexity index is 472. The van der Waals surface area contributed by atoms with E-state index < -0.39 is 29.5 Å². The summed E-state index contributed by atoms with van der Waals surface area (Å²) in [5, 5.41) is 25.5. The molecule has 6 heteroatoms. The molecule has 0 spiro atoms. The quantitative estimate of drug-likeness (QED) is 0.726. The zero-order chi connectivity index (χ0) is 14.1. The molecule has 0 bridgehead atoms. The van der Waals surface area contributed by atoms with E-state index in [1.807, 2.05) is 0 Å². The molecule has 1 aromatic carbocycles. The van der Waals surface area contributed by atoms with E-state index in [9.17, 15) is 18.3 Å². The van der Waals surface area contributed by atoms with Crippen LogP contribution in [0.4, 0.5) is 13.2 Å². The lowest BCUT2D eigenvalue weighted by Crippen LogP contribution is -2.47. The summed E-state index contributed by atoms with van der Waals surface area (Å²) >= 11 is 0. The molecular formula is C12H14F3NO2. The highest BCUT2D eigenvalue weighted by atomic mass is 19.3. The van der Waals surface area contributed by atoms with Crippen LogP contribution in [0.25, 0.3) is 0 Å². The minimum absolute atomic E-state index is 0.200. The molecule has 0 aromatic heterocycles. The molecule has 0 saturated heterocycles. The van der Waals surface area contributed by atoms with Crippen molar-refractivity contribution < 1.29 is 23.4 Å². The Hall–Kier alpha value is -1.40. The second kappa shape index (κ2) is 4.70. The van der Waals surface area contributed by atoms with Crippen molar-refractivity contribution in [2.75, 3.05) is 6.61 Å². The summed E-state index contributed by atoms with van der Waals surface area (Å²) in [4.78, 5) is 0. The van der Waals surface area contributed by atoms with E-state index in [1.54, 1.807) is 0 Å². The first-order valence-electron chi connectivity index (χ1n) is 5.20. The molecule has 3 nitrogen and oxygen atoms in total. The minimum Gasteiger partial charge on any atom is -0.393 e. The van der Waals surface area contributed by atoms with Gasteiger partial charge in [0, 0.05) is 11.3 Å². The van der Waals surface area contributed by atoms with Gasteiger partial charge in [-0.15, -0.1) is 0 Å². The van der Waals surface area contributed by atoms with Gasteiger partial charge in [-0.3, -0.25) is 0 Å². The molecule has 1 atom stereocenters. The third kappa shape index (κ3) is 2.26. The summed E-state index contributed by atoms with van der Waals surface area (Å²) in [6, 6.07) is 3.20. The number of aliphatic hydroxyl groups is 2. The van der Waals surface area contributed by atoms with Crippen molar-refractivity contribution in [1.29, 1.82) is 5.41 Å². The lowest BCUT2D eigenvalue weighted by atomic mass is 9.90. The third-order valence-electron chi connectivity index (χ3n) is 2.73. The molecule has 18 heavy (non-hydrogen) atoms. The molecule has 3 N–H and O–H groups in total. The van der Waals surface area contributed by atoms with Crippen molar-refractivity contribution in [2.45, 2.75) is 25.4 Å². The Kier molecular flexibility index (Phi) is 3.83. The highest BCUT2D eigenvalue weighted by Gasteiger charge is 2.51. The molecule has 0 aliphatic rings. The molecule has 0 heterocycles. The van der Waals surface area contributed by atoms with E-state index in [2.05, 4.69) is 0 Å². The van der Waals surface area contributed by atoms with Gasteiger partial charge < -0.3 is 15.6 Å². The van der Waals surface area contributed by atoms with Gasteiger partial charge in [-0.2, -0.15) is 8.78 Å². The molecule has 0 aliphatic heterocycles. The number of hydrogen-bond donors (Lipinski definition) is 3. The maximum atomic E-state index is 13.9. The minimum atomic E-state index is -3.96. The molecule has 0 aliphatic carbocycles. The molecule has 0 amide bonds. The topological polar surface area (TPSA) is 64.3 Å². The van der Waals surface area contributed by atoms with Gasteiger partial charge in [0.25, 0.3) is 0 Å². The van der Waals surface area contributed by atoms with Crippen LogP contribution in [0.5, 0.6) is 0 Å². The molecule has 0 unspecified atom stereocenters. The van der Waals surface area contributed by atoms with Crippen molar-refractivity contribution in [3.8, 4) is 0 Å². The van der Waals surface area contributed by atoms with Crippen LogP contribution in [0, 0.1) is 11.2 Å². The van der Waals surface area contributed by atoms with E-state index in [4.69, 9.17) is 10.5 Å². The molecule has 0 radical (unpaired) electrons. The Morgan fingerprint density at radius 3 is 2.39 bits per heavy atom. The Labute approximate surface area is 102 Å². The fraction of sp³-hybridized carbons (Fsp3) is 0.417.